The van der Waals surface area contributed by atoms with Gasteiger partial charge >= 0.3 is 0 Å². The third-order valence-electron chi connectivity index (χ3n) is 5.24. The van der Waals surface area contributed by atoms with Crippen LogP contribution in [0.1, 0.15) is 46.5 Å². The lowest BCUT2D eigenvalue weighted by molar-refractivity contribution is -0.127. The maximum Gasteiger partial charge on any atom is 0.226 e. The van der Waals surface area contributed by atoms with E-state index >= 15 is 0 Å². The highest BCUT2D eigenvalue weighted by Crippen LogP contribution is 2.51. The molecule has 21 heavy (non-hydrogen) atoms. The molecule has 1 amide bonds. The first-order valence-corrected chi connectivity index (χ1v) is 8.09. The van der Waals surface area contributed by atoms with E-state index < -0.39 is 0 Å². The van der Waals surface area contributed by atoms with Crippen LogP contribution in [0.3, 0.4) is 0 Å². The number of amides is 1. The topological polar surface area (TPSA) is 58.7 Å². The number of aliphatic imine (C=N–C) groups is 1. The van der Waals surface area contributed by atoms with E-state index in [0.29, 0.717) is 23.7 Å². The summed E-state index contributed by atoms with van der Waals surface area (Å²) in [6, 6.07) is 0.220. The van der Waals surface area contributed by atoms with Crippen LogP contribution >= 0.6 is 0 Å². The normalized spacial score (nSPS) is 35.2. The molecule has 1 aliphatic heterocycles. The van der Waals surface area contributed by atoms with E-state index in [-0.39, 0.29) is 11.9 Å². The van der Waals surface area contributed by atoms with Crippen LogP contribution in [0.2, 0.25) is 0 Å². The van der Waals surface area contributed by atoms with Crippen molar-refractivity contribution >= 4 is 11.9 Å². The zero-order chi connectivity index (χ0) is 15.1. The van der Waals surface area contributed by atoms with Crippen LogP contribution in [-0.2, 0) is 4.79 Å². The molecule has 3 rings (SSSR count). The third kappa shape index (κ3) is 2.21. The number of hydrogen-bond acceptors (Lipinski definition) is 3. The van der Waals surface area contributed by atoms with Gasteiger partial charge in [0, 0.05) is 18.9 Å². The van der Waals surface area contributed by atoms with Gasteiger partial charge in [0.25, 0.3) is 0 Å². The zero-order valence-electron chi connectivity index (χ0n) is 13.2. The summed E-state index contributed by atoms with van der Waals surface area (Å²) in [4.78, 5) is 18.3. The molecule has 0 spiro atoms. The fourth-order valence-electron chi connectivity index (χ4n) is 4.42. The van der Waals surface area contributed by atoms with Gasteiger partial charge in [0.05, 0.1) is 5.70 Å². The van der Waals surface area contributed by atoms with Crippen molar-refractivity contribution in [2.75, 3.05) is 0 Å². The standard InChI is InChI=1S/C17H25N3O/c1-4-5-6-13-10(2)9-12-7-8-14-15(12)16(13)19-17(18)20(14)11(3)21/h5-6,10,12,14-15H,4,7-9H2,1-3H3,(H2,18,19). The summed E-state index contributed by atoms with van der Waals surface area (Å²) in [5.41, 5.74) is 8.59. The molecule has 1 saturated carbocycles. The predicted octanol–water partition coefficient (Wildman–Crippen LogP) is 2.82. The van der Waals surface area contributed by atoms with E-state index in [9.17, 15) is 4.79 Å². The maximum absolute atomic E-state index is 11.9. The van der Waals surface area contributed by atoms with Crippen molar-refractivity contribution in [1.29, 1.82) is 0 Å². The van der Waals surface area contributed by atoms with Crippen LogP contribution < -0.4 is 5.73 Å². The quantitative estimate of drug-likeness (QED) is 0.849. The number of nitrogens with zero attached hydrogens (tertiary/aromatic N) is 2. The first kappa shape index (κ1) is 14.4. The Labute approximate surface area is 126 Å². The van der Waals surface area contributed by atoms with Gasteiger partial charge in [-0.1, -0.05) is 26.0 Å². The fourth-order valence-corrected chi connectivity index (χ4v) is 4.42. The summed E-state index contributed by atoms with van der Waals surface area (Å²) in [7, 11) is 0. The lowest BCUT2D eigenvalue weighted by Gasteiger charge is -2.42. The Balaban J connectivity index is 2.11. The smallest absolute Gasteiger partial charge is 0.226 e. The molecule has 2 aliphatic carbocycles. The van der Waals surface area contributed by atoms with Gasteiger partial charge in [0.1, 0.15) is 0 Å². The summed E-state index contributed by atoms with van der Waals surface area (Å²) in [5, 5.41) is 0. The van der Waals surface area contributed by atoms with Crippen molar-refractivity contribution in [3.8, 4) is 0 Å². The minimum absolute atomic E-state index is 0.0187. The second kappa shape index (κ2) is 5.32. The Bertz CT molecular complexity index is 546. The van der Waals surface area contributed by atoms with Crippen molar-refractivity contribution in [2.24, 2.45) is 28.5 Å². The summed E-state index contributed by atoms with van der Waals surface area (Å²) in [5.74, 6) is 1.97. The van der Waals surface area contributed by atoms with Gasteiger partial charge in [-0.15, -0.1) is 0 Å². The summed E-state index contributed by atoms with van der Waals surface area (Å²) >= 11 is 0. The predicted molar refractivity (Wildman–Crippen MR) is 84.4 cm³/mol. The number of carbonyl (C=O) groups excluding carboxylic acids is 1. The fraction of sp³-hybridized carbons (Fsp3) is 0.647. The molecule has 0 bridgehead atoms. The van der Waals surface area contributed by atoms with Crippen molar-refractivity contribution in [3.05, 3.63) is 23.4 Å². The first-order chi connectivity index (χ1) is 10.0. The molecule has 4 heteroatoms. The average Bonchev–Trinajstić information content (AvgIpc) is 2.82. The van der Waals surface area contributed by atoms with Gasteiger partial charge < -0.3 is 5.73 Å². The molecule has 0 aromatic carbocycles. The Morgan fingerprint density at radius 1 is 1.48 bits per heavy atom. The average molecular weight is 287 g/mol. The molecule has 114 valence electrons. The van der Waals surface area contributed by atoms with Crippen molar-refractivity contribution in [3.63, 3.8) is 0 Å². The van der Waals surface area contributed by atoms with Crippen molar-refractivity contribution < 1.29 is 4.79 Å². The monoisotopic (exact) mass is 287 g/mol. The molecule has 0 saturated heterocycles. The first-order valence-electron chi connectivity index (χ1n) is 8.09. The lowest BCUT2D eigenvalue weighted by Crippen LogP contribution is -2.53. The molecule has 1 heterocycles. The van der Waals surface area contributed by atoms with Crippen LogP contribution in [0.15, 0.2) is 28.4 Å². The molecular weight excluding hydrogens is 262 g/mol. The Morgan fingerprint density at radius 3 is 2.90 bits per heavy atom. The van der Waals surface area contributed by atoms with E-state index in [1.807, 2.05) is 0 Å². The maximum atomic E-state index is 11.9. The van der Waals surface area contributed by atoms with E-state index in [0.717, 1.165) is 18.5 Å². The Hall–Kier alpha value is -1.58. The molecule has 2 N–H and O–H groups in total. The molecule has 1 fully saturated rings. The van der Waals surface area contributed by atoms with Crippen LogP contribution in [0.5, 0.6) is 0 Å². The largest absolute Gasteiger partial charge is 0.369 e. The molecule has 4 nitrogen and oxygen atoms in total. The van der Waals surface area contributed by atoms with E-state index in [1.165, 1.54) is 18.4 Å². The number of allylic oxidation sites excluding steroid dienone is 3. The number of guanidine groups is 1. The molecule has 4 unspecified atom stereocenters. The van der Waals surface area contributed by atoms with Gasteiger partial charge in [0.2, 0.25) is 11.9 Å². The highest BCUT2D eigenvalue weighted by atomic mass is 16.2. The summed E-state index contributed by atoms with van der Waals surface area (Å²) in [6.07, 6.45) is 8.89. The zero-order valence-corrected chi connectivity index (χ0v) is 13.2. The molecular formula is C17H25N3O. The van der Waals surface area contributed by atoms with Crippen LogP contribution in [0.4, 0.5) is 0 Å². The van der Waals surface area contributed by atoms with E-state index in [2.05, 4.69) is 31.0 Å². The third-order valence-corrected chi connectivity index (χ3v) is 5.24. The Morgan fingerprint density at radius 2 is 2.24 bits per heavy atom. The number of hydrogen-bond donors (Lipinski definition) is 1. The second-order valence-corrected chi connectivity index (χ2v) is 6.58. The van der Waals surface area contributed by atoms with Crippen molar-refractivity contribution in [2.45, 2.75) is 52.5 Å². The second-order valence-electron chi connectivity index (χ2n) is 6.58. The van der Waals surface area contributed by atoms with Gasteiger partial charge in [-0.25, -0.2) is 4.99 Å². The van der Waals surface area contributed by atoms with Gasteiger partial charge in [0.15, 0.2) is 0 Å². The van der Waals surface area contributed by atoms with Gasteiger partial charge in [-0.2, -0.15) is 0 Å². The molecule has 3 aliphatic rings. The highest BCUT2D eigenvalue weighted by molar-refractivity contribution is 5.97. The number of nitrogens with two attached hydrogens (primary N) is 1. The van der Waals surface area contributed by atoms with Crippen LogP contribution in [0.25, 0.3) is 0 Å². The molecule has 0 aromatic heterocycles. The summed E-state index contributed by atoms with van der Waals surface area (Å²) < 4.78 is 0. The molecule has 0 aromatic rings. The Kier molecular flexibility index (Phi) is 3.64. The summed E-state index contributed by atoms with van der Waals surface area (Å²) in [6.45, 7) is 6.02. The van der Waals surface area contributed by atoms with Gasteiger partial charge in [-0.3, -0.25) is 9.69 Å². The van der Waals surface area contributed by atoms with E-state index in [4.69, 9.17) is 5.73 Å². The van der Waals surface area contributed by atoms with Gasteiger partial charge in [-0.05, 0) is 43.1 Å². The minimum atomic E-state index is 0.0187. The number of carbonyl (C=O) groups is 1. The van der Waals surface area contributed by atoms with Crippen molar-refractivity contribution in [1.82, 2.24) is 4.90 Å². The highest BCUT2D eigenvalue weighted by Gasteiger charge is 2.49. The molecule has 0 radical (unpaired) electrons. The van der Waals surface area contributed by atoms with Crippen LogP contribution in [0, 0.1) is 17.8 Å². The number of rotatable bonds is 2. The minimum Gasteiger partial charge on any atom is -0.369 e. The lowest BCUT2D eigenvalue weighted by atomic mass is 9.73. The molecule has 4 atom stereocenters. The SMILES string of the molecule is CCC=CC1=C2N=C(N)N(C(C)=O)C3CCC(CC1C)C23. The van der Waals surface area contributed by atoms with E-state index in [1.54, 1.807) is 11.8 Å². The van der Waals surface area contributed by atoms with Crippen LogP contribution in [-0.4, -0.2) is 22.8 Å².